The monoisotopic (exact) mass is 573 g/mol. The van der Waals surface area contributed by atoms with Crippen LogP contribution in [0.3, 0.4) is 0 Å². The fourth-order valence-electron chi connectivity index (χ4n) is 6.58. The molecule has 1 saturated heterocycles. The van der Waals surface area contributed by atoms with Crippen LogP contribution in [0.4, 0.5) is 0 Å². The van der Waals surface area contributed by atoms with Gasteiger partial charge < -0.3 is 19.7 Å². The van der Waals surface area contributed by atoms with Crippen molar-refractivity contribution in [1.82, 2.24) is 15.1 Å². The number of carbonyl (C=O) groups is 3. The molecule has 2 bridgehead atoms. The first-order chi connectivity index (χ1) is 18.7. The van der Waals surface area contributed by atoms with Gasteiger partial charge in [-0.3, -0.25) is 9.69 Å². The van der Waals surface area contributed by atoms with Crippen LogP contribution >= 0.6 is 23.2 Å². The average molecular weight is 575 g/mol. The molecule has 208 valence electrons. The van der Waals surface area contributed by atoms with Crippen LogP contribution in [0.5, 0.6) is 0 Å². The molecule has 1 N–H and O–H groups in total. The average Bonchev–Trinajstić information content (AvgIpc) is 3.56. The molecule has 2 heterocycles. The lowest BCUT2D eigenvalue weighted by molar-refractivity contribution is -0.137. The van der Waals surface area contributed by atoms with Crippen LogP contribution in [0.1, 0.15) is 37.7 Å². The van der Waals surface area contributed by atoms with Gasteiger partial charge in [-0.05, 0) is 43.7 Å². The smallest absolute Gasteiger partial charge is 0.336 e. The third-order valence-electron chi connectivity index (χ3n) is 8.45. The predicted octanol–water partition coefficient (Wildman–Crippen LogP) is 4.05. The third-order valence-corrected chi connectivity index (χ3v) is 9.11. The lowest BCUT2D eigenvalue weighted by Gasteiger charge is -2.40. The van der Waals surface area contributed by atoms with Gasteiger partial charge in [0.15, 0.2) is 0 Å². The fourth-order valence-corrected chi connectivity index (χ4v) is 7.20. The van der Waals surface area contributed by atoms with Gasteiger partial charge in [-0.2, -0.15) is 0 Å². The Kier molecular flexibility index (Phi) is 8.08. The van der Waals surface area contributed by atoms with Crippen LogP contribution < -0.4 is 5.32 Å². The number of esters is 2. The third kappa shape index (κ3) is 5.22. The van der Waals surface area contributed by atoms with Gasteiger partial charge in [0.25, 0.3) is 0 Å². The van der Waals surface area contributed by atoms with Gasteiger partial charge in [0.2, 0.25) is 5.91 Å². The molecule has 0 spiro atoms. The van der Waals surface area contributed by atoms with E-state index in [2.05, 4.69) is 22.4 Å². The first-order valence-electron chi connectivity index (χ1n) is 13.2. The van der Waals surface area contributed by atoms with E-state index >= 15 is 0 Å². The molecule has 2 aliphatic carbocycles. The van der Waals surface area contributed by atoms with Gasteiger partial charge in [0.1, 0.15) is 0 Å². The number of rotatable bonds is 6. The Bertz CT molecular complexity index is 1260. The molecule has 39 heavy (non-hydrogen) atoms. The maximum absolute atomic E-state index is 13.5. The molecule has 1 aromatic rings. The number of fused-ring (bicyclic) bond motifs is 2. The SMILES string of the molecule is COC(=O)C1=C(C)NC(CC(=O)N2CCN(C3CC4C=CC3C4)CC2)=C(C(=O)OC)C1c1c(Cl)cccc1Cl. The van der Waals surface area contributed by atoms with E-state index in [0.717, 1.165) is 13.1 Å². The van der Waals surface area contributed by atoms with Crippen molar-refractivity contribution in [3.05, 3.63) is 68.5 Å². The summed E-state index contributed by atoms with van der Waals surface area (Å²) in [5.41, 5.74) is 1.48. The minimum absolute atomic E-state index is 0.0638. The van der Waals surface area contributed by atoms with Gasteiger partial charge >= 0.3 is 11.9 Å². The number of hydrogen-bond acceptors (Lipinski definition) is 7. The summed E-state index contributed by atoms with van der Waals surface area (Å²) in [6.45, 7) is 4.60. The van der Waals surface area contributed by atoms with Crippen LogP contribution in [-0.2, 0) is 23.9 Å². The van der Waals surface area contributed by atoms with Gasteiger partial charge in [-0.25, -0.2) is 9.59 Å². The molecule has 4 atom stereocenters. The summed E-state index contributed by atoms with van der Waals surface area (Å²) in [5, 5.41) is 3.69. The lowest BCUT2D eigenvalue weighted by atomic mass is 9.79. The molecule has 1 amide bonds. The number of benzene rings is 1. The summed E-state index contributed by atoms with van der Waals surface area (Å²) in [6, 6.07) is 5.53. The molecule has 4 aliphatic rings. The quantitative estimate of drug-likeness (QED) is 0.405. The Morgan fingerprint density at radius 1 is 0.949 bits per heavy atom. The second-order valence-corrected chi connectivity index (χ2v) is 11.4. The number of carbonyl (C=O) groups excluding carboxylic acids is 3. The highest BCUT2D eigenvalue weighted by molar-refractivity contribution is 6.36. The number of halogens is 2. The van der Waals surface area contributed by atoms with Crippen molar-refractivity contribution in [2.24, 2.45) is 11.8 Å². The van der Waals surface area contributed by atoms with Crippen molar-refractivity contribution < 1.29 is 23.9 Å². The minimum atomic E-state index is -0.974. The topological polar surface area (TPSA) is 88.2 Å². The Labute approximate surface area is 238 Å². The van der Waals surface area contributed by atoms with E-state index in [1.165, 1.54) is 27.1 Å². The normalized spacial score (nSPS) is 26.6. The molecule has 4 unspecified atom stereocenters. The van der Waals surface area contributed by atoms with Crippen molar-refractivity contribution in [3.63, 3.8) is 0 Å². The molecule has 2 aliphatic heterocycles. The Balaban J connectivity index is 1.42. The zero-order valence-corrected chi connectivity index (χ0v) is 23.8. The van der Waals surface area contributed by atoms with Crippen molar-refractivity contribution in [2.45, 2.75) is 38.1 Å². The van der Waals surface area contributed by atoms with Crippen LogP contribution in [-0.4, -0.2) is 74.1 Å². The largest absolute Gasteiger partial charge is 0.466 e. The first kappa shape index (κ1) is 27.7. The number of nitrogens with zero attached hydrogens (tertiary/aromatic N) is 2. The summed E-state index contributed by atoms with van der Waals surface area (Å²) in [6.07, 6.45) is 7.08. The Hall–Kier alpha value is -2.81. The van der Waals surface area contributed by atoms with E-state index in [4.69, 9.17) is 32.7 Å². The lowest BCUT2D eigenvalue weighted by Crippen LogP contribution is -2.53. The number of ether oxygens (including phenoxy) is 2. The number of piperazine rings is 1. The Morgan fingerprint density at radius 2 is 1.59 bits per heavy atom. The summed E-state index contributed by atoms with van der Waals surface area (Å²) in [4.78, 5) is 44.1. The molecule has 1 saturated carbocycles. The van der Waals surface area contributed by atoms with E-state index in [1.54, 1.807) is 25.1 Å². The number of dihydropyridines is 1. The molecule has 1 aromatic carbocycles. The zero-order valence-electron chi connectivity index (χ0n) is 22.3. The molecule has 5 rings (SSSR count). The highest BCUT2D eigenvalue weighted by Crippen LogP contribution is 2.45. The highest BCUT2D eigenvalue weighted by atomic mass is 35.5. The fraction of sp³-hybridized carbons (Fsp3) is 0.483. The van der Waals surface area contributed by atoms with Gasteiger partial charge in [0.05, 0.1) is 37.7 Å². The van der Waals surface area contributed by atoms with Gasteiger partial charge in [-0.15, -0.1) is 0 Å². The van der Waals surface area contributed by atoms with E-state index in [1.807, 2.05) is 4.90 Å². The molecule has 0 aromatic heterocycles. The van der Waals surface area contributed by atoms with E-state index in [0.29, 0.717) is 47.9 Å². The summed E-state index contributed by atoms with van der Waals surface area (Å²) >= 11 is 13.1. The first-order valence-corrected chi connectivity index (χ1v) is 14.0. The molecule has 8 nitrogen and oxygen atoms in total. The number of amides is 1. The van der Waals surface area contributed by atoms with Crippen molar-refractivity contribution in [3.8, 4) is 0 Å². The predicted molar refractivity (Wildman–Crippen MR) is 148 cm³/mol. The van der Waals surface area contributed by atoms with Crippen molar-refractivity contribution >= 4 is 41.0 Å². The molecule has 0 radical (unpaired) electrons. The molecule has 10 heteroatoms. The molecular weight excluding hydrogens is 541 g/mol. The molecule has 2 fully saturated rings. The van der Waals surface area contributed by atoms with E-state index in [-0.39, 0.29) is 33.5 Å². The number of nitrogens with one attached hydrogen (secondary N) is 1. The van der Waals surface area contributed by atoms with Crippen LogP contribution in [0.2, 0.25) is 10.0 Å². The van der Waals surface area contributed by atoms with Crippen molar-refractivity contribution in [2.75, 3.05) is 40.4 Å². The second kappa shape index (κ2) is 11.4. The number of hydrogen-bond donors (Lipinski definition) is 1. The summed E-state index contributed by atoms with van der Waals surface area (Å²) in [7, 11) is 2.52. The number of allylic oxidation sites excluding steroid dienone is 2. The standard InChI is InChI=1S/C29H33Cl2N3O5/c1-16-24(28(36)38-2)27(25-19(30)5-4-6-20(25)31)26(29(37)39-3)21(32-16)15-23(35)34-11-9-33(10-12-34)22-14-17-7-8-18(22)13-17/h4-8,17-18,22,27,32H,9-15H2,1-3H3. The summed E-state index contributed by atoms with van der Waals surface area (Å²) in [5.74, 6) is -1.08. The van der Waals surface area contributed by atoms with Gasteiger partial charge in [0, 0.05) is 59.2 Å². The zero-order chi connectivity index (χ0) is 27.8. The second-order valence-electron chi connectivity index (χ2n) is 10.5. The van der Waals surface area contributed by atoms with Crippen molar-refractivity contribution in [1.29, 1.82) is 0 Å². The van der Waals surface area contributed by atoms with E-state index in [9.17, 15) is 14.4 Å². The highest BCUT2D eigenvalue weighted by Gasteiger charge is 2.42. The van der Waals surface area contributed by atoms with Crippen LogP contribution in [0.15, 0.2) is 52.9 Å². The maximum Gasteiger partial charge on any atom is 0.336 e. The minimum Gasteiger partial charge on any atom is -0.466 e. The number of methoxy groups -OCH3 is 2. The molecular formula is C29H33Cl2N3O5. The van der Waals surface area contributed by atoms with Gasteiger partial charge in [-0.1, -0.05) is 41.4 Å². The van der Waals surface area contributed by atoms with Crippen LogP contribution in [0.25, 0.3) is 0 Å². The Morgan fingerprint density at radius 3 is 2.15 bits per heavy atom. The van der Waals surface area contributed by atoms with E-state index < -0.39 is 17.9 Å². The summed E-state index contributed by atoms with van der Waals surface area (Å²) < 4.78 is 10.2. The maximum atomic E-state index is 13.5. The van der Waals surface area contributed by atoms with Crippen LogP contribution in [0, 0.1) is 11.8 Å².